The van der Waals surface area contributed by atoms with Crippen molar-refractivity contribution in [2.45, 2.75) is 33.2 Å². The van der Waals surface area contributed by atoms with Gasteiger partial charge in [-0.1, -0.05) is 6.07 Å². The first-order chi connectivity index (χ1) is 12.8. The lowest BCUT2D eigenvalue weighted by atomic mass is 10.2. The van der Waals surface area contributed by atoms with Crippen LogP contribution in [0.3, 0.4) is 0 Å². The SMILES string of the molecule is CCNC(=NCc1cccnc1N1CCOCC1)NCCCCOCC. The van der Waals surface area contributed by atoms with E-state index in [-0.39, 0.29) is 0 Å². The van der Waals surface area contributed by atoms with Crippen LogP contribution in [0.1, 0.15) is 32.3 Å². The zero-order valence-electron chi connectivity index (χ0n) is 16.2. The Morgan fingerprint density at radius 3 is 2.88 bits per heavy atom. The molecule has 7 nitrogen and oxygen atoms in total. The van der Waals surface area contributed by atoms with Crippen molar-refractivity contribution in [3.8, 4) is 0 Å². The van der Waals surface area contributed by atoms with Gasteiger partial charge in [-0.2, -0.15) is 0 Å². The van der Waals surface area contributed by atoms with E-state index in [4.69, 9.17) is 14.5 Å². The Labute approximate surface area is 157 Å². The highest BCUT2D eigenvalue weighted by Crippen LogP contribution is 2.19. The molecule has 0 atom stereocenters. The molecule has 0 unspecified atom stereocenters. The van der Waals surface area contributed by atoms with Crippen LogP contribution in [0.2, 0.25) is 0 Å². The van der Waals surface area contributed by atoms with Crippen LogP contribution < -0.4 is 15.5 Å². The zero-order valence-corrected chi connectivity index (χ0v) is 16.2. The van der Waals surface area contributed by atoms with Crippen molar-refractivity contribution in [3.63, 3.8) is 0 Å². The molecule has 2 N–H and O–H groups in total. The zero-order chi connectivity index (χ0) is 18.5. The van der Waals surface area contributed by atoms with E-state index in [0.29, 0.717) is 6.54 Å². The van der Waals surface area contributed by atoms with Crippen LogP contribution >= 0.6 is 0 Å². The number of nitrogens with one attached hydrogen (secondary N) is 2. The van der Waals surface area contributed by atoms with Gasteiger partial charge in [0.05, 0.1) is 19.8 Å². The van der Waals surface area contributed by atoms with Gasteiger partial charge in [0.15, 0.2) is 5.96 Å². The number of aromatic nitrogens is 1. The quantitative estimate of drug-likeness (QED) is 0.375. The predicted molar refractivity (Wildman–Crippen MR) is 106 cm³/mol. The molecule has 0 bridgehead atoms. The second-order valence-electron chi connectivity index (χ2n) is 6.11. The summed E-state index contributed by atoms with van der Waals surface area (Å²) < 4.78 is 10.8. The maximum absolute atomic E-state index is 5.44. The lowest BCUT2D eigenvalue weighted by Crippen LogP contribution is -2.38. The summed E-state index contributed by atoms with van der Waals surface area (Å²) in [6.07, 6.45) is 3.97. The first-order valence-corrected chi connectivity index (χ1v) is 9.71. The Hall–Kier alpha value is -1.86. The smallest absolute Gasteiger partial charge is 0.191 e. The molecule has 2 rings (SSSR count). The molecule has 7 heteroatoms. The van der Waals surface area contributed by atoms with Gasteiger partial charge in [-0.3, -0.25) is 0 Å². The van der Waals surface area contributed by atoms with Crippen molar-refractivity contribution in [2.75, 3.05) is 57.5 Å². The fraction of sp³-hybridized carbons (Fsp3) is 0.684. The van der Waals surface area contributed by atoms with Crippen molar-refractivity contribution in [3.05, 3.63) is 23.9 Å². The summed E-state index contributed by atoms with van der Waals surface area (Å²) >= 11 is 0. The predicted octanol–water partition coefficient (Wildman–Crippen LogP) is 1.79. The van der Waals surface area contributed by atoms with Crippen molar-refractivity contribution in [1.82, 2.24) is 15.6 Å². The van der Waals surface area contributed by atoms with Crippen LogP contribution in [0.4, 0.5) is 5.82 Å². The number of ether oxygens (including phenoxy) is 2. The molecule has 0 spiro atoms. The number of hydrogen-bond donors (Lipinski definition) is 2. The molecule has 1 aromatic rings. The minimum atomic E-state index is 0.606. The van der Waals surface area contributed by atoms with E-state index in [2.05, 4.69) is 33.5 Å². The molecule has 1 fully saturated rings. The summed E-state index contributed by atoms with van der Waals surface area (Å²) in [5.74, 6) is 1.87. The van der Waals surface area contributed by atoms with E-state index in [1.54, 1.807) is 0 Å². The minimum Gasteiger partial charge on any atom is -0.382 e. The van der Waals surface area contributed by atoms with Gasteiger partial charge in [0.25, 0.3) is 0 Å². The average Bonchev–Trinajstić information content (AvgIpc) is 2.69. The molecule has 26 heavy (non-hydrogen) atoms. The molecule has 2 heterocycles. The molecule has 0 aromatic carbocycles. The fourth-order valence-corrected chi connectivity index (χ4v) is 2.80. The Kier molecular flexibility index (Phi) is 9.82. The van der Waals surface area contributed by atoms with Crippen LogP contribution in [-0.4, -0.2) is 63.6 Å². The summed E-state index contributed by atoms with van der Waals surface area (Å²) in [4.78, 5) is 11.6. The molecule has 146 valence electrons. The van der Waals surface area contributed by atoms with Crippen LogP contribution in [-0.2, 0) is 16.0 Å². The van der Waals surface area contributed by atoms with Crippen LogP contribution in [0.15, 0.2) is 23.3 Å². The molecule has 0 radical (unpaired) electrons. The number of unbranched alkanes of at least 4 members (excludes halogenated alkanes) is 1. The van der Waals surface area contributed by atoms with Gasteiger partial charge in [-0.25, -0.2) is 9.98 Å². The van der Waals surface area contributed by atoms with E-state index in [0.717, 1.165) is 82.8 Å². The normalized spacial score (nSPS) is 15.2. The summed E-state index contributed by atoms with van der Waals surface area (Å²) in [5.41, 5.74) is 1.14. The first-order valence-electron chi connectivity index (χ1n) is 9.71. The van der Waals surface area contributed by atoms with E-state index in [1.807, 2.05) is 19.2 Å². The number of pyridine rings is 1. The molecule has 0 saturated carbocycles. The van der Waals surface area contributed by atoms with Crippen molar-refractivity contribution in [1.29, 1.82) is 0 Å². The van der Waals surface area contributed by atoms with E-state index in [1.165, 1.54) is 0 Å². The number of aliphatic imine (C=N–C) groups is 1. The van der Waals surface area contributed by atoms with Gasteiger partial charge in [-0.15, -0.1) is 0 Å². The van der Waals surface area contributed by atoms with E-state index in [9.17, 15) is 0 Å². The van der Waals surface area contributed by atoms with Crippen molar-refractivity contribution < 1.29 is 9.47 Å². The van der Waals surface area contributed by atoms with E-state index < -0.39 is 0 Å². The van der Waals surface area contributed by atoms with Gasteiger partial charge in [-0.05, 0) is 32.8 Å². The number of nitrogens with zero attached hydrogens (tertiary/aromatic N) is 3. The largest absolute Gasteiger partial charge is 0.382 e. The molecule has 1 aliphatic rings. The van der Waals surface area contributed by atoms with E-state index >= 15 is 0 Å². The first kappa shape index (κ1) is 20.5. The monoisotopic (exact) mass is 363 g/mol. The van der Waals surface area contributed by atoms with Crippen LogP contribution in [0.25, 0.3) is 0 Å². The van der Waals surface area contributed by atoms with Crippen molar-refractivity contribution >= 4 is 11.8 Å². The topological polar surface area (TPSA) is 71.0 Å². The summed E-state index contributed by atoms with van der Waals surface area (Å²) in [6.45, 7) is 11.3. The maximum atomic E-state index is 5.44. The summed E-state index contributed by atoms with van der Waals surface area (Å²) in [5, 5.41) is 6.70. The van der Waals surface area contributed by atoms with Gasteiger partial charge in [0, 0.05) is 51.2 Å². The second-order valence-corrected chi connectivity index (χ2v) is 6.11. The molecular formula is C19H33N5O2. The fourth-order valence-electron chi connectivity index (χ4n) is 2.80. The molecule has 0 amide bonds. The Morgan fingerprint density at radius 1 is 1.27 bits per heavy atom. The van der Waals surface area contributed by atoms with Crippen LogP contribution in [0, 0.1) is 0 Å². The summed E-state index contributed by atoms with van der Waals surface area (Å²) in [6, 6.07) is 4.08. The minimum absolute atomic E-state index is 0.606. The third-order valence-corrected chi connectivity index (χ3v) is 4.14. The van der Waals surface area contributed by atoms with Gasteiger partial charge < -0.3 is 25.0 Å². The van der Waals surface area contributed by atoms with Gasteiger partial charge in [0.1, 0.15) is 5.82 Å². The Bertz CT molecular complexity index is 532. The Balaban J connectivity index is 1.89. The third-order valence-electron chi connectivity index (χ3n) is 4.14. The highest BCUT2D eigenvalue weighted by atomic mass is 16.5. The molecule has 1 aromatic heterocycles. The maximum Gasteiger partial charge on any atom is 0.191 e. The third kappa shape index (κ3) is 7.17. The van der Waals surface area contributed by atoms with Crippen LogP contribution in [0.5, 0.6) is 0 Å². The number of morpholine rings is 1. The molecule has 1 aliphatic heterocycles. The molecule has 1 saturated heterocycles. The van der Waals surface area contributed by atoms with Gasteiger partial charge >= 0.3 is 0 Å². The average molecular weight is 364 g/mol. The molecule has 0 aliphatic carbocycles. The number of guanidine groups is 1. The standard InChI is InChI=1S/C19H33N5O2/c1-3-20-19(22-9-5-6-13-25-4-2)23-16-17-8-7-10-21-18(17)24-11-14-26-15-12-24/h7-8,10H,3-6,9,11-16H2,1-2H3,(H2,20,22,23). The highest BCUT2D eigenvalue weighted by Gasteiger charge is 2.15. The highest BCUT2D eigenvalue weighted by molar-refractivity contribution is 5.79. The lowest BCUT2D eigenvalue weighted by Gasteiger charge is -2.29. The Morgan fingerprint density at radius 2 is 2.12 bits per heavy atom. The number of anilines is 1. The number of rotatable bonds is 10. The van der Waals surface area contributed by atoms with Crippen molar-refractivity contribution in [2.24, 2.45) is 4.99 Å². The molecular weight excluding hydrogens is 330 g/mol. The van der Waals surface area contributed by atoms with Gasteiger partial charge in [0.2, 0.25) is 0 Å². The second kappa shape index (κ2) is 12.5. The lowest BCUT2D eigenvalue weighted by molar-refractivity contribution is 0.122. The summed E-state index contributed by atoms with van der Waals surface area (Å²) in [7, 11) is 0. The number of hydrogen-bond acceptors (Lipinski definition) is 5.